The molecule has 176 valence electrons. The molecule has 0 heterocycles. The summed E-state index contributed by atoms with van der Waals surface area (Å²) in [5.74, 6) is 0.817. The quantitative estimate of drug-likeness (QED) is 0.199. The number of ether oxygens (including phenoxy) is 2. The number of halogens is 2. The van der Waals surface area contributed by atoms with Gasteiger partial charge in [0.1, 0.15) is 24.7 Å². The van der Waals surface area contributed by atoms with Crippen LogP contribution in [0.15, 0.2) is 102 Å². The maximum Gasteiger partial charge on any atom is 0.275 e. The topological polar surface area (TPSA) is 59.9 Å². The molecule has 0 bridgehead atoms. The van der Waals surface area contributed by atoms with Crippen LogP contribution >= 0.6 is 23.2 Å². The van der Waals surface area contributed by atoms with Gasteiger partial charge in [0.15, 0.2) is 0 Å². The van der Waals surface area contributed by atoms with Crippen LogP contribution < -0.4 is 14.9 Å². The summed E-state index contributed by atoms with van der Waals surface area (Å²) >= 11 is 12.1. The van der Waals surface area contributed by atoms with E-state index in [0.29, 0.717) is 40.3 Å². The normalized spacial score (nSPS) is 10.8. The number of nitrogens with zero attached hydrogens (tertiary/aromatic N) is 1. The summed E-state index contributed by atoms with van der Waals surface area (Å²) in [7, 11) is 0. The molecule has 35 heavy (non-hydrogen) atoms. The van der Waals surface area contributed by atoms with Gasteiger partial charge in [0.05, 0.1) is 11.8 Å². The highest BCUT2D eigenvalue weighted by Gasteiger charge is 2.11. The number of benzene rings is 4. The van der Waals surface area contributed by atoms with E-state index in [1.165, 1.54) is 0 Å². The van der Waals surface area contributed by atoms with Crippen molar-refractivity contribution in [3.8, 4) is 11.5 Å². The minimum atomic E-state index is -0.357. The third-order valence-corrected chi connectivity index (χ3v) is 5.63. The molecule has 0 fully saturated rings. The Balaban J connectivity index is 1.31. The molecule has 0 aliphatic carbocycles. The molecule has 4 aromatic carbocycles. The fourth-order valence-electron chi connectivity index (χ4n) is 3.19. The molecule has 0 saturated heterocycles. The summed E-state index contributed by atoms with van der Waals surface area (Å²) in [5.41, 5.74) is 5.62. The van der Waals surface area contributed by atoms with Gasteiger partial charge in [-0.05, 0) is 59.7 Å². The largest absolute Gasteiger partial charge is 0.489 e. The van der Waals surface area contributed by atoms with Crippen molar-refractivity contribution in [1.82, 2.24) is 5.43 Å². The lowest BCUT2D eigenvalue weighted by Gasteiger charge is -2.10. The Morgan fingerprint density at radius 3 is 2.34 bits per heavy atom. The molecular formula is C28H22Cl2N2O3. The van der Waals surface area contributed by atoms with Crippen molar-refractivity contribution in [2.75, 3.05) is 0 Å². The molecule has 0 radical (unpaired) electrons. The maximum atomic E-state index is 12.6. The van der Waals surface area contributed by atoms with Crippen LogP contribution in [0, 0.1) is 0 Å². The third-order valence-electron chi connectivity index (χ3n) is 5.04. The Hall–Kier alpha value is -3.80. The first-order valence-corrected chi connectivity index (χ1v) is 11.6. The van der Waals surface area contributed by atoms with Crippen LogP contribution in [0.3, 0.4) is 0 Å². The molecule has 0 unspecified atom stereocenters. The molecule has 0 saturated carbocycles. The second-order valence-corrected chi connectivity index (χ2v) is 8.41. The average Bonchev–Trinajstić information content (AvgIpc) is 2.88. The van der Waals surface area contributed by atoms with Crippen LogP contribution in [0.4, 0.5) is 0 Å². The standard InChI is InChI=1S/C28H22Cl2N2O3/c29-23-13-12-22(26(30)16-23)19-34-24-14-10-20(11-15-24)17-31-32-28(33)25-8-4-5-9-27(25)35-18-21-6-2-1-3-7-21/h1-17H,18-19H2,(H,32,33)/b31-17+. The zero-order valence-electron chi connectivity index (χ0n) is 18.7. The van der Waals surface area contributed by atoms with Gasteiger partial charge in [0.25, 0.3) is 5.91 Å². The number of amides is 1. The number of carbonyl (C=O) groups excluding carboxylic acids is 1. The van der Waals surface area contributed by atoms with Gasteiger partial charge in [0.2, 0.25) is 0 Å². The molecule has 0 spiro atoms. The van der Waals surface area contributed by atoms with Crippen molar-refractivity contribution in [3.05, 3.63) is 129 Å². The van der Waals surface area contributed by atoms with Crippen molar-refractivity contribution in [2.45, 2.75) is 13.2 Å². The lowest BCUT2D eigenvalue weighted by Crippen LogP contribution is -2.18. The SMILES string of the molecule is O=C(N/N=C/c1ccc(OCc2ccc(Cl)cc2Cl)cc1)c1ccccc1OCc1ccccc1. The average molecular weight is 505 g/mol. The van der Waals surface area contributed by atoms with Crippen molar-refractivity contribution in [3.63, 3.8) is 0 Å². The highest BCUT2D eigenvalue weighted by Crippen LogP contribution is 2.23. The highest BCUT2D eigenvalue weighted by molar-refractivity contribution is 6.35. The summed E-state index contributed by atoms with van der Waals surface area (Å²) in [6, 6.07) is 29.4. The van der Waals surface area contributed by atoms with Gasteiger partial charge in [-0.25, -0.2) is 5.43 Å². The smallest absolute Gasteiger partial charge is 0.275 e. The van der Waals surface area contributed by atoms with Crippen LogP contribution in [0.5, 0.6) is 11.5 Å². The first-order valence-electron chi connectivity index (χ1n) is 10.8. The van der Waals surface area contributed by atoms with E-state index in [9.17, 15) is 4.79 Å². The van der Waals surface area contributed by atoms with E-state index < -0.39 is 0 Å². The van der Waals surface area contributed by atoms with Crippen LogP contribution in [-0.2, 0) is 13.2 Å². The van der Waals surface area contributed by atoms with E-state index in [0.717, 1.165) is 16.7 Å². The lowest BCUT2D eigenvalue weighted by atomic mass is 10.2. The van der Waals surface area contributed by atoms with Crippen LogP contribution in [0.25, 0.3) is 0 Å². The van der Waals surface area contributed by atoms with Crippen LogP contribution in [0.2, 0.25) is 10.0 Å². The molecule has 4 rings (SSSR count). The van der Waals surface area contributed by atoms with Gasteiger partial charge in [-0.15, -0.1) is 0 Å². The van der Waals surface area contributed by atoms with Gasteiger partial charge < -0.3 is 9.47 Å². The van der Waals surface area contributed by atoms with E-state index in [1.54, 1.807) is 36.5 Å². The molecular weight excluding hydrogens is 483 g/mol. The Morgan fingerprint density at radius 2 is 1.57 bits per heavy atom. The Morgan fingerprint density at radius 1 is 0.829 bits per heavy atom. The first-order chi connectivity index (χ1) is 17.1. The Labute approximate surface area is 213 Å². The number of para-hydroxylation sites is 1. The van der Waals surface area contributed by atoms with Crippen molar-refractivity contribution in [2.24, 2.45) is 5.10 Å². The molecule has 5 nitrogen and oxygen atoms in total. The van der Waals surface area contributed by atoms with Crippen LogP contribution in [0.1, 0.15) is 27.0 Å². The maximum absolute atomic E-state index is 12.6. The molecule has 4 aromatic rings. The second-order valence-electron chi connectivity index (χ2n) is 7.56. The number of rotatable bonds is 9. The number of hydrazone groups is 1. The van der Waals surface area contributed by atoms with Gasteiger partial charge in [0, 0.05) is 15.6 Å². The summed E-state index contributed by atoms with van der Waals surface area (Å²) in [6.45, 7) is 0.693. The second kappa shape index (κ2) is 12.1. The number of carbonyl (C=O) groups is 1. The molecule has 1 N–H and O–H groups in total. The Bertz CT molecular complexity index is 1310. The summed E-state index contributed by atoms with van der Waals surface area (Å²) in [4.78, 5) is 12.6. The predicted molar refractivity (Wildman–Crippen MR) is 140 cm³/mol. The molecule has 0 atom stereocenters. The zero-order chi connectivity index (χ0) is 24.5. The lowest BCUT2D eigenvalue weighted by molar-refractivity contribution is 0.0950. The van der Waals surface area contributed by atoms with Gasteiger partial charge in [-0.1, -0.05) is 71.7 Å². The zero-order valence-corrected chi connectivity index (χ0v) is 20.2. The number of nitrogens with one attached hydrogen (secondary N) is 1. The monoisotopic (exact) mass is 504 g/mol. The van der Waals surface area contributed by atoms with Gasteiger partial charge >= 0.3 is 0 Å². The highest BCUT2D eigenvalue weighted by atomic mass is 35.5. The summed E-state index contributed by atoms with van der Waals surface area (Å²) < 4.78 is 11.6. The van der Waals surface area contributed by atoms with E-state index in [-0.39, 0.29) is 5.91 Å². The van der Waals surface area contributed by atoms with E-state index >= 15 is 0 Å². The van der Waals surface area contributed by atoms with Crippen molar-refractivity contribution >= 4 is 35.3 Å². The summed E-state index contributed by atoms with van der Waals surface area (Å²) in [5, 5.41) is 5.21. The molecule has 0 aromatic heterocycles. The minimum Gasteiger partial charge on any atom is -0.489 e. The molecule has 7 heteroatoms. The van der Waals surface area contributed by atoms with Gasteiger partial charge in [-0.3, -0.25) is 4.79 Å². The van der Waals surface area contributed by atoms with Gasteiger partial charge in [-0.2, -0.15) is 5.10 Å². The predicted octanol–water partition coefficient (Wildman–Crippen LogP) is 6.92. The van der Waals surface area contributed by atoms with Crippen molar-refractivity contribution in [1.29, 1.82) is 0 Å². The first kappa shape index (κ1) is 24.3. The number of hydrogen-bond donors (Lipinski definition) is 1. The third kappa shape index (κ3) is 7.09. The molecule has 0 aliphatic rings. The Kier molecular flexibility index (Phi) is 8.39. The minimum absolute atomic E-state index is 0.325. The summed E-state index contributed by atoms with van der Waals surface area (Å²) in [6.07, 6.45) is 1.56. The van der Waals surface area contributed by atoms with E-state index in [1.807, 2.05) is 66.7 Å². The van der Waals surface area contributed by atoms with E-state index in [2.05, 4.69) is 10.5 Å². The van der Waals surface area contributed by atoms with E-state index in [4.69, 9.17) is 32.7 Å². The number of hydrogen-bond acceptors (Lipinski definition) is 4. The fraction of sp³-hybridized carbons (Fsp3) is 0.0714. The van der Waals surface area contributed by atoms with Crippen LogP contribution in [-0.4, -0.2) is 12.1 Å². The molecule has 1 amide bonds. The molecule has 0 aliphatic heterocycles. The van der Waals surface area contributed by atoms with Crippen molar-refractivity contribution < 1.29 is 14.3 Å². The fourth-order valence-corrected chi connectivity index (χ4v) is 3.65.